The van der Waals surface area contributed by atoms with Crippen LogP contribution in [0, 0.1) is 0 Å². The Balaban J connectivity index is 1.85. The average Bonchev–Trinajstić information content (AvgIpc) is 3.06. The zero-order chi connectivity index (χ0) is 16.2. The van der Waals surface area contributed by atoms with E-state index < -0.39 is 0 Å². The Kier molecular flexibility index (Phi) is 4.57. The first-order valence-electron chi connectivity index (χ1n) is 7.55. The lowest BCUT2D eigenvalue weighted by atomic mass is 9.91. The van der Waals surface area contributed by atoms with Gasteiger partial charge in [0.25, 0.3) is 0 Å². The van der Waals surface area contributed by atoms with Crippen molar-refractivity contribution in [2.24, 2.45) is 5.73 Å². The number of nitrogens with two attached hydrogens (primary N) is 1. The molecule has 0 fully saturated rings. The van der Waals surface area contributed by atoms with E-state index in [9.17, 15) is 0 Å². The molecule has 5 nitrogen and oxygen atoms in total. The van der Waals surface area contributed by atoms with Gasteiger partial charge in [0.15, 0.2) is 11.5 Å². The fourth-order valence-electron chi connectivity index (χ4n) is 2.83. The molecule has 1 atom stereocenters. The average molecular weight is 315 g/mol. The van der Waals surface area contributed by atoms with Gasteiger partial charge in [0.1, 0.15) is 11.5 Å². The van der Waals surface area contributed by atoms with Crippen LogP contribution in [0.2, 0.25) is 0 Å². The number of rotatable bonds is 6. The minimum absolute atomic E-state index is 0.149. The summed E-state index contributed by atoms with van der Waals surface area (Å²) in [7, 11) is 3.30. The molecular weight excluding hydrogens is 294 g/mol. The quantitative estimate of drug-likeness (QED) is 0.888. The molecule has 0 aromatic heterocycles. The summed E-state index contributed by atoms with van der Waals surface area (Å²) in [6, 6.07) is 11.8. The van der Waals surface area contributed by atoms with E-state index in [1.54, 1.807) is 14.2 Å². The third kappa shape index (κ3) is 3.19. The van der Waals surface area contributed by atoms with E-state index in [4.69, 9.17) is 24.7 Å². The Morgan fingerprint density at radius 2 is 1.87 bits per heavy atom. The molecule has 0 radical (unpaired) electrons. The molecule has 2 aromatic carbocycles. The summed E-state index contributed by atoms with van der Waals surface area (Å²) in [6.07, 6.45) is 0.801. The van der Waals surface area contributed by atoms with Crippen LogP contribution < -0.4 is 24.7 Å². The molecule has 1 aliphatic rings. The van der Waals surface area contributed by atoms with E-state index in [0.717, 1.165) is 40.5 Å². The van der Waals surface area contributed by atoms with Gasteiger partial charge < -0.3 is 24.7 Å². The molecule has 0 amide bonds. The van der Waals surface area contributed by atoms with Crippen LogP contribution in [0.5, 0.6) is 23.0 Å². The van der Waals surface area contributed by atoms with Crippen LogP contribution in [0.1, 0.15) is 17.0 Å². The maximum atomic E-state index is 6.02. The van der Waals surface area contributed by atoms with Crippen molar-refractivity contribution in [1.29, 1.82) is 0 Å². The SMILES string of the molecule is COc1ccc(C(CN)Cc2ccc3c(c2)OCO3)c(OC)c1. The second-order valence-electron chi connectivity index (χ2n) is 5.43. The summed E-state index contributed by atoms with van der Waals surface area (Å²) < 4.78 is 21.5. The number of fused-ring (bicyclic) bond motifs is 1. The lowest BCUT2D eigenvalue weighted by Crippen LogP contribution is -2.16. The van der Waals surface area contributed by atoms with Crippen LogP contribution in [-0.2, 0) is 6.42 Å². The van der Waals surface area contributed by atoms with Gasteiger partial charge in [-0.15, -0.1) is 0 Å². The summed E-state index contributed by atoms with van der Waals surface area (Å²) >= 11 is 0. The lowest BCUT2D eigenvalue weighted by molar-refractivity contribution is 0.174. The van der Waals surface area contributed by atoms with Crippen molar-refractivity contribution < 1.29 is 18.9 Å². The predicted octanol–water partition coefficient (Wildman–Crippen LogP) is 2.72. The van der Waals surface area contributed by atoms with Gasteiger partial charge in [0.2, 0.25) is 6.79 Å². The molecule has 122 valence electrons. The molecule has 1 unspecified atom stereocenters. The first-order chi connectivity index (χ1) is 11.2. The zero-order valence-electron chi connectivity index (χ0n) is 13.4. The Morgan fingerprint density at radius 1 is 1.04 bits per heavy atom. The van der Waals surface area contributed by atoms with Crippen molar-refractivity contribution in [3.8, 4) is 23.0 Å². The smallest absolute Gasteiger partial charge is 0.231 e. The van der Waals surface area contributed by atoms with Gasteiger partial charge in [-0.3, -0.25) is 0 Å². The molecule has 0 bridgehead atoms. The van der Waals surface area contributed by atoms with Gasteiger partial charge in [0.05, 0.1) is 14.2 Å². The summed E-state index contributed by atoms with van der Waals surface area (Å²) in [5.41, 5.74) is 8.25. The minimum Gasteiger partial charge on any atom is -0.497 e. The van der Waals surface area contributed by atoms with Gasteiger partial charge in [-0.25, -0.2) is 0 Å². The molecule has 0 saturated carbocycles. The van der Waals surface area contributed by atoms with E-state index >= 15 is 0 Å². The second kappa shape index (κ2) is 6.79. The number of ether oxygens (including phenoxy) is 4. The zero-order valence-corrected chi connectivity index (χ0v) is 13.4. The first kappa shape index (κ1) is 15.5. The summed E-state index contributed by atoms with van der Waals surface area (Å²) in [4.78, 5) is 0. The van der Waals surface area contributed by atoms with Gasteiger partial charge in [-0.05, 0) is 42.3 Å². The lowest BCUT2D eigenvalue weighted by Gasteiger charge is -2.19. The highest BCUT2D eigenvalue weighted by atomic mass is 16.7. The Hall–Kier alpha value is -2.40. The number of hydrogen-bond acceptors (Lipinski definition) is 5. The van der Waals surface area contributed by atoms with Crippen LogP contribution in [0.3, 0.4) is 0 Å². The molecule has 0 saturated heterocycles. The Labute approximate surface area is 135 Å². The summed E-state index contributed by atoms with van der Waals surface area (Å²) in [6.45, 7) is 0.808. The molecule has 0 aliphatic carbocycles. The highest BCUT2D eigenvalue weighted by Gasteiger charge is 2.19. The van der Waals surface area contributed by atoms with E-state index in [1.807, 2.05) is 36.4 Å². The van der Waals surface area contributed by atoms with Gasteiger partial charge in [-0.2, -0.15) is 0 Å². The van der Waals surface area contributed by atoms with Crippen LogP contribution in [0.4, 0.5) is 0 Å². The van der Waals surface area contributed by atoms with Gasteiger partial charge >= 0.3 is 0 Å². The van der Waals surface area contributed by atoms with E-state index in [-0.39, 0.29) is 12.7 Å². The number of benzene rings is 2. The molecule has 0 spiro atoms. The fourth-order valence-corrected chi connectivity index (χ4v) is 2.83. The third-order valence-electron chi connectivity index (χ3n) is 4.08. The highest BCUT2D eigenvalue weighted by Crippen LogP contribution is 2.36. The van der Waals surface area contributed by atoms with Crippen LogP contribution in [-0.4, -0.2) is 27.6 Å². The van der Waals surface area contributed by atoms with Crippen molar-refractivity contribution in [2.45, 2.75) is 12.3 Å². The maximum Gasteiger partial charge on any atom is 0.231 e. The largest absolute Gasteiger partial charge is 0.497 e. The second-order valence-corrected chi connectivity index (χ2v) is 5.43. The number of methoxy groups -OCH3 is 2. The topological polar surface area (TPSA) is 62.9 Å². The Morgan fingerprint density at radius 3 is 2.61 bits per heavy atom. The van der Waals surface area contributed by atoms with Gasteiger partial charge in [-0.1, -0.05) is 12.1 Å². The predicted molar refractivity (Wildman–Crippen MR) is 87.6 cm³/mol. The minimum atomic E-state index is 0.149. The first-order valence-corrected chi connectivity index (χ1v) is 7.55. The maximum absolute atomic E-state index is 6.02. The Bertz CT molecular complexity index is 687. The third-order valence-corrected chi connectivity index (χ3v) is 4.08. The summed E-state index contributed by atoms with van der Waals surface area (Å²) in [5, 5.41) is 0. The van der Waals surface area contributed by atoms with E-state index in [1.165, 1.54) is 0 Å². The van der Waals surface area contributed by atoms with Gasteiger partial charge in [0, 0.05) is 12.0 Å². The molecule has 3 rings (SSSR count). The van der Waals surface area contributed by atoms with E-state index in [0.29, 0.717) is 6.54 Å². The standard InChI is InChI=1S/C18H21NO4/c1-20-14-4-5-15(17(9-14)21-2)13(10-19)7-12-3-6-16-18(8-12)23-11-22-16/h3-6,8-9,13H,7,10-11,19H2,1-2H3. The molecular formula is C18H21NO4. The van der Waals surface area contributed by atoms with Crippen molar-refractivity contribution in [1.82, 2.24) is 0 Å². The molecule has 23 heavy (non-hydrogen) atoms. The molecule has 5 heteroatoms. The fraction of sp³-hybridized carbons (Fsp3) is 0.333. The van der Waals surface area contributed by atoms with E-state index in [2.05, 4.69) is 0 Å². The van der Waals surface area contributed by atoms with Crippen LogP contribution in [0.25, 0.3) is 0 Å². The molecule has 2 aromatic rings. The van der Waals surface area contributed by atoms with Crippen molar-refractivity contribution >= 4 is 0 Å². The molecule has 2 N–H and O–H groups in total. The van der Waals surface area contributed by atoms with Crippen LogP contribution >= 0.6 is 0 Å². The molecule has 1 heterocycles. The monoisotopic (exact) mass is 315 g/mol. The van der Waals surface area contributed by atoms with Crippen molar-refractivity contribution in [2.75, 3.05) is 27.6 Å². The van der Waals surface area contributed by atoms with Crippen molar-refractivity contribution in [3.63, 3.8) is 0 Å². The van der Waals surface area contributed by atoms with Crippen LogP contribution in [0.15, 0.2) is 36.4 Å². The molecule has 1 aliphatic heterocycles. The highest BCUT2D eigenvalue weighted by molar-refractivity contribution is 5.46. The summed E-state index contributed by atoms with van der Waals surface area (Å²) in [5.74, 6) is 3.29. The normalized spacial score (nSPS) is 13.7. The number of hydrogen-bond donors (Lipinski definition) is 1. The van der Waals surface area contributed by atoms with Crippen molar-refractivity contribution in [3.05, 3.63) is 47.5 Å².